The molecule has 0 fully saturated rings. The van der Waals surface area contributed by atoms with Crippen molar-refractivity contribution in [2.24, 2.45) is 5.73 Å². The van der Waals surface area contributed by atoms with Gasteiger partial charge in [-0.3, -0.25) is 0 Å². The van der Waals surface area contributed by atoms with E-state index in [-0.39, 0.29) is 6.04 Å². The van der Waals surface area contributed by atoms with Crippen LogP contribution in [0.1, 0.15) is 32.0 Å². The van der Waals surface area contributed by atoms with E-state index in [1.807, 2.05) is 33.8 Å². The van der Waals surface area contributed by atoms with E-state index in [1.54, 1.807) is 6.07 Å². The fourth-order valence-electron chi connectivity index (χ4n) is 1.72. The lowest BCUT2D eigenvalue weighted by Gasteiger charge is -2.20. The highest BCUT2D eigenvalue weighted by Gasteiger charge is 2.16. The molecule has 0 bridgehead atoms. The first-order valence-electron chi connectivity index (χ1n) is 6.51. The molecular weight excluding hydrogens is 278 g/mol. The molecular formula is C14H22ClN3O2. The molecule has 0 spiro atoms. The van der Waals surface area contributed by atoms with Gasteiger partial charge in [0.2, 0.25) is 0 Å². The van der Waals surface area contributed by atoms with E-state index >= 15 is 0 Å². The van der Waals surface area contributed by atoms with Crippen LogP contribution in [0.4, 0.5) is 4.79 Å². The van der Waals surface area contributed by atoms with E-state index in [0.717, 1.165) is 11.3 Å². The zero-order valence-corrected chi connectivity index (χ0v) is 13.1. The summed E-state index contributed by atoms with van der Waals surface area (Å²) in [6.07, 6.45) is 0.149. The van der Waals surface area contributed by atoms with Crippen LogP contribution < -0.4 is 11.1 Å². The molecule has 1 atom stereocenters. The maximum Gasteiger partial charge on any atom is 0.407 e. The number of nitrogens with two attached hydrogens (primary N) is 1. The maximum absolute atomic E-state index is 11.5. The van der Waals surface area contributed by atoms with E-state index in [0.29, 0.717) is 18.1 Å². The Balaban J connectivity index is 2.44. The maximum atomic E-state index is 11.5. The van der Waals surface area contributed by atoms with Gasteiger partial charge in [0.05, 0.1) is 0 Å². The third-order valence-corrected chi connectivity index (χ3v) is 2.58. The molecule has 1 heterocycles. The SMILES string of the molecule is Cc1cc(CC(N)CNC(=O)OC(C)(C)C)cc(Cl)n1. The van der Waals surface area contributed by atoms with Crippen molar-refractivity contribution in [2.75, 3.05) is 6.54 Å². The normalized spacial score (nSPS) is 12.9. The quantitative estimate of drug-likeness (QED) is 0.837. The van der Waals surface area contributed by atoms with Crippen LogP contribution >= 0.6 is 11.6 Å². The van der Waals surface area contributed by atoms with Crippen molar-refractivity contribution in [1.29, 1.82) is 0 Å². The number of aromatic nitrogens is 1. The number of amides is 1. The van der Waals surface area contributed by atoms with Gasteiger partial charge in [-0.15, -0.1) is 0 Å². The van der Waals surface area contributed by atoms with E-state index in [9.17, 15) is 4.79 Å². The third kappa shape index (κ3) is 6.73. The molecule has 6 heteroatoms. The first kappa shape index (κ1) is 16.7. The van der Waals surface area contributed by atoms with Crippen molar-refractivity contribution in [2.45, 2.75) is 45.8 Å². The monoisotopic (exact) mass is 299 g/mol. The van der Waals surface area contributed by atoms with Crippen molar-refractivity contribution in [1.82, 2.24) is 10.3 Å². The number of nitrogens with one attached hydrogen (secondary N) is 1. The number of nitrogens with zero attached hydrogens (tertiary/aromatic N) is 1. The first-order valence-corrected chi connectivity index (χ1v) is 6.89. The minimum Gasteiger partial charge on any atom is -0.444 e. The van der Waals surface area contributed by atoms with Crippen molar-refractivity contribution in [3.63, 3.8) is 0 Å². The van der Waals surface area contributed by atoms with Crippen LogP contribution in [0.5, 0.6) is 0 Å². The van der Waals surface area contributed by atoms with Crippen molar-refractivity contribution >= 4 is 17.7 Å². The summed E-state index contributed by atoms with van der Waals surface area (Å²) >= 11 is 5.89. The van der Waals surface area contributed by atoms with Crippen LogP contribution in [-0.2, 0) is 11.2 Å². The van der Waals surface area contributed by atoms with Gasteiger partial charge >= 0.3 is 6.09 Å². The lowest BCUT2D eigenvalue weighted by Crippen LogP contribution is -2.41. The lowest BCUT2D eigenvalue weighted by atomic mass is 10.1. The van der Waals surface area contributed by atoms with Crippen LogP contribution in [0, 0.1) is 6.92 Å². The Morgan fingerprint density at radius 1 is 1.50 bits per heavy atom. The predicted molar refractivity (Wildman–Crippen MR) is 79.9 cm³/mol. The summed E-state index contributed by atoms with van der Waals surface area (Å²) in [5, 5.41) is 3.10. The van der Waals surface area contributed by atoms with E-state index in [4.69, 9.17) is 22.1 Å². The molecule has 0 radical (unpaired) electrons. The standard InChI is InChI=1S/C14H22ClN3O2/c1-9-5-10(7-12(15)18-9)6-11(16)8-17-13(19)20-14(2,3)4/h5,7,11H,6,8,16H2,1-4H3,(H,17,19). The van der Waals surface area contributed by atoms with Gasteiger partial charge in [-0.2, -0.15) is 0 Å². The van der Waals surface area contributed by atoms with Gasteiger partial charge in [0, 0.05) is 18.3 Å². The second-order valence-electron chi connectivity index (χ2n) is 5.79. The number of halogens is 1. The second kappa shape index (κ2) is 6.90. The average Bonchev–Trinajstić information content (AvgIpc) is 2.22. The number of ether oxygens (including phenoxy) is 1. The van der Waals surface area contributed by atoms with Crippen LogP contribution in [-0.4, -0.2) is 29.3 Å². The minimum atomic E-state index is -0.510. The van der Waals surface area contributed by atoms with Crippen LogP contribution in [0.2, 0.25) is 5.15 Å². The van der Waals surface area contributed by atoms with Crippen molar-refractivity contribution in [3.8, 4) is 0 Å². The summed E-state index contributed by atoms with van der Waals surface area (Å²) in [4.78, 5) is 15.6. The molecule has 20 heavy (non-hydrogen) atoms. The van der Waals surface area contributed by atoms with Gasteiger partial charge < -0.3 is 15.8 Å². The Labute approximate surface area is 124 Å². The van der Waals surface area contributed by atoms with E-state index in [1.165, 1.54) is 0 Å². The Morgan fingerprint density at radius 2 is 2.15 bits per heavy atom. The number of alkyl carbamates (subject to hydrolysis) is 1. The lowest BCUT2D eigenvalue weighted by molar-refractivity contribution is 0.0524. The second-order valence-corrected chi connectivity index (χ2v) is 6.17. The van der Waals surface area contributed by atoms with Gasteiger partial charge in [-0.05, 0) is 51.8 Å². The number of hydrogen-bond acceptors (Lipinski definition) is 4. The summed E-state index contributed by atoms with van der Waals surface area (Å²) in [6.45, 7) is 7.66. The highest BCUT2D eigenvalue weighted by molar-refractivity contribution is 6.29. The molecule has 0 aromatic carbocycles. The largest absolute Gasteiger partial charge is 0.444 e. The molecule has 1 unspecified atom stereocenters. The summed E-state index contributed by atoms with van der Waals surface area (Å²) in [5.74, 6) is 0. The zero-order valence-electron chi connectivity index (χ0n) is 12.4. The molecule has 0 aliphatic carbocycles. The molecule has 112 valence electrons. The topological polar surface area (TPSA) is 77.2 Å². The third-order valence-electron chi connectivity index (χ3n) is 2.39. The molecule has 1 rings (SSSR count). The Bertz CT molecular complexity index is 452. The Hall–Kier alpha value is -1.33. The van der Waals surface area contributed by atoms with Crippen LogP contribution in [0.25, 0.3) is 0 Å². The van der Waals surface area contributed by atoms with E-state index in [2.05, 4.69) is 10.3 Å². The number of carbonyl (C=O) groups excluding carboxylic acids is 1. The molecule has 5 nitrogen and oxygen atoms in total. The van der Waals surface area contributed by atoms with Gasteiger partial charge in [-0.25, -0.2) is 9.78 Å². The predicted octanol–water partition coefficient (Wildman–Crippen LogP) is 2.44. The van der Waals surface area contributed by atoms with Crippen molar-refractivity contribution in [3.05, 3.63) is 28.5 Å². The Morgan fingerprint density at radius 3 is 2.70 bits per heavy atom. The number of pyridine rings is 1. The average molecular weight is 300 g/mol. The molecule has 0 aliphatic heterocycles. The number of carbonyl (C=O) groups is 1. The Kier molecular flexibility index (Phi) is 5.77. The number of hydrogen-bond donors (Lipinski definition) is 2. The zero-order chi connectivity index (χ0) is 15.3. The van der Waals surface area contributed by atoms with Gasteiger partial charge in [-0.1, -0.05) is 11.6 Å². The molecule has 0 saturated heterocycles. The van der Waals surface area contributed by atoms with E-state index < -0.39 is 11.7 Å². The number of aryl methyl sites for hydroxylation is 1. The molecule has 1 aromatic heterocycles. The van der Waals surface area contributed by atoms with Gasteiger partial charge in [0.1, 0.15) is 10.8 Å². The first-order chi connectivity index (χ1) is 9.15. The van der Waals surface area contributed by atoms with Gasteiger partial charge in [0.15, 0.2) is 0 Å². The highest BCUT2D eigenvalue weighted by Crippen LogP contribution is 2.12. The number of rotatable bonds is 4. The molecule has 1 aromatic rings. The molecule has 0 saturated carbocycles. The van der Waals surface area contributed by atoms with Crippen molar-refractivity contribution < 1.29 is 9.53 Å². The molecule has 1 amide bonds. The van der Waals surface area contributed by atoms with Crippen LogP contribution in [0.15, 0.2) is 12.1 Å². The summed E-state index contributed by atoms with van der Waals surface area (Å²) in [6, 6.07) is 3.50. The smallest absolute Gasteiger partial charge is 0.407 e. The summed E-state index contributed by atoms with van der Waals surface area (Å²) in [7, 11) is 0. The minimum absolute atomic E-state index is 0.208. The van der Waals surface area contributed by atoms with Gasteiger partial charge in [0.25, 0.3) is 0 Å². The van der Waals surface area contributed by atoms with Crippen LogP contribution in [0.3, 0.4) is 0 Å². The summed E-state index contributed by atoms with van der Waals surface area (Å²) < 4.78 is 5.14. The summed E-state index contributed by atoms with van der Waals surface area (Å²) in [5.41, 5.74) is 7.32. The fourth-order valence-corrected chi connectivity index (χ4v) is 1.99. The fraction of sp³-hybridized carbons (Fsp3) is 0.571. The molecule has 3 N–H and O–H groups in total. The molecule has 0 aliphatic rings. The highest BCUT2D eigenvalue weighted by atomic mass is 35.5.